The zero-order valence-electron chi connectivity index (χ0n) is 18.9. The van der Waals surface area contributed by atoms with Gasteiger partial charge >= 0.3 is 11.8 Å². The summed E-state index contributed by atoms with van der Waals surface area (Å²) in [6, 6.07) is 20.0. The highest BCUT2D eigenvalue weighted by atomic mass is 79.9. The van der Waals surface area contributed by atoms with E-state index in [-0.39, 0.29) is 5.69 Å². The summed E-state index contributed by atoms with van der Waals surface area (Å²) in [5, 5.41) is 6.21. The van der Waals surface area contributed by atoms with Crippen LogP contribution < -0.4 is 16.1 Å². The number of benzene rings is 3. The van der Waals surface area contributed by atoms with Gasteiger partial charge < -0.3 is 10.6 Å². The van der Waals surface area contributed by atoms with E-state index in [0.29, 0.717) is 16.9 Å². The molecule has 0 fully saturated rings. The van der Waals surface area contributed by atoms with Crippen LogP contribution in [0.3, 0.4) is 0 Å². The van der Waals surface area contributed by atoms with Gasteiger partial charge in [-0.2, -0.15) is 0 Å². The van der Waals surface area contributed by atoms with Crippen molar-refractivity contribution < 1.29 is 14.4 Å². The van der Waals surface area contributed by atoms with Gasteiger partial charge in [-0.1, -0.05) is 40.2 Å². The number of hydrogen-bond donors (Lipinski definition) is 3. The summed E-state index contributed by atoms with van der Waals surface area (Å²) in [4.78, 5) is 38.6. The first-order valence-electron chi connectivity index (χ1n) is 10.6. The minimum absolute atomic E-state index is 0.183. The lowest BCUT2D eigenvalue weighted by Crippen LogP contribution is -2.36. The van der Waals surface area contributed by atoms with Crippen molar-refractivity contribution >= 4 is 55.9 Å². The Morgan fingerprint density at radius 2 is 1.56 bits per heavy atom. The van der Waals surface area contributed by atoms with Crippen LogP contribution in [0, 0.1) is 20.8 Å². The Hall–Kier alpha value is -3.91. The van der Waals surface area contributed by atoms with Gasteiger partial charge in [-0.05, 0) is 79.9 Å². The molecule has 3 aromatic carbocycles. The highest BCUT2D eigenvalue weighted by Crippen LogP contribution is 2.24. The quantitative estimate of drug-likeness (QED) is 0.320. The first-order chi connectivity index (χ1) is 16.2. The fourth-order valence-corrected chi connectivity index (χ4v) is 3.97. The molecule has 0 aliphatic carbocycles. The van der Waals surface area contributed by atoms with E-state index in [4.69, 9.17) is 0 Å². The minimum Gasteiger partial charge on any atom is -0.321 e. The first-order valence-corrected chi connectivity index (χ1v) is 11.4. The number of carbonyl (C=O) groups is 3. The van der Waals surface area contributed by atoms with Crippen LogP contribution >= 0.6 is 15.9 Å². The Balaban J connectivity index is 1.64. The van der Waals surface area contributed by atoms with Crippen LogP contribution in [-0.2, 0) is 9.59 Å². The highest BCUT2D eigenvalue weighted by molar-refractivity contribution is 9.10. The molecule has 0 saturated carbocycles. The van der Waals surface area contributed by atoms with Crippen LogP contribution in [0.1, 0.15) is 27.2 Å². The molecule has 4 aromatic rings. The third-order valence-electron chi connectivity index (χ3n) is 5.33. The Labute approximate surface area is 205 Å². The van der Waals surface area contributed by atoms with Gasteiger partial charge in [0.2, 0.25) is 0 Å². The van der Waals surface area contributed by atoms with Crippen molar-refractivity contribution in [3.63, 3.8) is 0 Å². The largest absolute Gasteiger partial charge is 0.328 e. The van der Waals surface area contributed by atoms with Gasteiger partial charge in [-0.3, -0.25) is 19.8 Å². The molecule has 0 aliphatic rings. The van der Waals surface area contributed by atoms with Crippen LogP contribution in [0.2, 0.25) is 0 Å². The van der Waals surface area contributed by atoms with Gasteiger partial charge in [0.25, 0.3) is 5.91 Å². The van der Waals surface area contributed by atoms with Gasteiger partial charge in [0.1, 0.15) is 5.69 Å². The smallest absolute Gasteiger partial charge is 0.321 e. The number of fused-ring (bicyclic) bond motifs is 1. The second-order valence-electron chi connectivity index (χ2n) is 8.11. The van der Waals surface area contributed by atoms with Crippen LogP contribution in [0.25, 0.3) is 10.9 Å². The topological polar surface area (TPSA) is 92.2 Å². The first kappa shape index (κ1) is 23.3. The molecule has 1 aromatic heterocycles. The number of aryl methyl sites for hydroxylation is 3. The van der Waals surface area contributed by atoms with Crippen LogP contribution in [0.4, 0.5) is 11.4 Å². The molecule has 34 heavy (non-hydrogen) atoms. The van der Waals surface area contributed by atoms with Crippen LogP contribution in [-0.4, -0.2) is 22.4 Å². The van der Waals surface area contributed by atoms with E-state index in [1.165, 1.54) is 4.68 Å². The van der Waals surface area contributed by atoms with Gasteiger partial charge in [0, 0.05) is 21.2 Å². The molecular weight excluding hydrogens is 496 g/mol. The average Bonchev–Trinajstić information content (AvgIpc) is 3.13. The molecule has 0 radical (unpaired) electrons. The molecule has 0 saturated heterocycles. The second kappa shape index (κ2) is 9.52. The summed E-state index contributed by atoms with van der Waals surface area (Å²) in [7, 11) is 0. The molecule has 4 rings (SSSR count). The predicted molar refractivity (Wildman–Crippen MR) is 138 cm³/mol. The number of hydrogen-bond acceptors (Lipinski definition) is 3. The van der Waals surface area contributed by atoms with E-state index >= 15 is 0 Å². The van der Waals surface area contributed by atoms with Crippen LogP contribution in [0.15, 0.2) is 71.2 Å². The van der Waals surface area contributed by atoms with E-state index < -0.39 is 17.7 Å². The van der Waals surface area contributed by atoms with Crippen molar-refractivity contribution in [3.05, 3.63) is 93.6 Å². The lowest BCUT2D eigenvalue weighted by Gasteiger charge is -2.14. The maximum absolute atomic E-state index is 13.1. The fourth-order valence-electron chi connectivity index (χ4n) is 3.59. The van der Waals surface area contributed by atoms with E-state index in [0.717, 1.165) is 26.5 Å². The normalized spacial score (nSPS) is 10.7. The molecule has 8 heteroatoms. The molecule has 0 bridgehead atoms. The number of rotatable bonds is 4. The molecular formula is C26H23BrN4O3. The van der Waals surface area contributed by atoms with Crippen LogP contribution in [0.5, 0.6) is 0 Å². The third-order valence-corrected chi connectivity index (χ3v) is 5.83. The Morgan fingerprint density at radius 3 is 2.32 bits per heavy atom. The Kier molecular flexibility index (Phi) is 6.51. The summed E-state index contributed by atoms with van der Waals surface area (Å²) in [5.74, 6) is -2.16. The van der Waals surface area contributed by atoms with Crippen molar-refractivity contribution in [3.8, 4) is 0 Å². The van der Waals surface area contributed by atoms with E-state index in [9.17, 15) is 14.4 Å². The molecule has 7 nitrogen and oxygen atoms in total. The summed E-state index contributed by atoms with van der Waals surface area (Å²) in [6.45, 7) is 5.68. The summed E-state index contributed by atoms with van der Waals surface area (Å²) in [6.07, 6.45) is 0. The molecule has 0 spiro atoms. The van der Waals surface area contributed by atoms with Crippen molar-refractivity contribution in [1.82, 2.24) is 4.68 Å². The SMILES string of the molecule is Cc1cccc(NC(=O)c2cc3cc(Br)ccc3n2NC(=O)C(=O)Nc2cc(C)ccc2C)c1. The van der Waals surface area contributed by atoms with Gasteiger partial charge in [-0.15, -0.1) is 0 Å². The molecule has 1 heterocycles. The number of carbonyl (C=O) groups excluding carboxylic acids is 3. The van der Waals surface area contributed by atoms with Gasteiger partial charge in [0.05, 0.1) is 5.52 Å². The molecule has 3 N–H and O–H groups in total. The molecule has 0 aliphatic heterocycles. The maximum atomic E-state index is 13.1. The minimum atomic E-state index is -0.897. The Bertz CT molecular complexity index is 1440. The summed E-state index contributed by atoms with van der Waals surface area (Å²) >= 11 is 3.43. The summed E-state index contributed by atoms with van der Waals surface area (Å²) < 4.78 is 2.15. The second-order valence-corrected chi connectivity index (χ2v) is 9.02. The van der Waals surface area contributed by atoms with Gasteiger partial charge in [-0.25, -0.2) is 4.68 Å². The lowest BCUT2D eigenvalue weighted by atomic mass is 10.1. The van der Waals surface area contributed by atoms with Crippen molar-refractivity contribution in [2.45, 2.75) is 20.8 Å². The maximum Gasteiger partial charge on any atom is 0.328 e. The molecule has 0 unspecified atom stereocenters. The third kappa shape index (κ3) is 5.02. The molecule has 3 amide bonds. The predicted octanol–water partition coefficient (Wildman–Crippen LogP) is 5.29. The monoisotopic (exact) mass is 518 g/mol. The standard InChI is InChI=1S/C26H23BrN4O3/c1-15-5-4-6-20(11-15)28-24(32)23-14-18-13-19(27)9-10-22(18)31(23)30-26(34)25(33)29-21-12-16(2)7-8-17(21)3/h4-14H,1-3H3,(H,28,32)(H,29,33)(H,30,34). The number of nitrogens with one attached hydrogen (secondary N) is 3. The number of amides is 3. The number of nitrogens with zero attached hydrogens (tertiary/aromatic N) is 1. The zero-order valence-corrected chi connectivity index (χ0v) is 20.5. The Morgan fingerprint density at radius 1 is 0.794 bits per heavy atom. The molecule has 0 atom stereocenters. The van der Waals surface area contributed by atoms with E-state index in [1.54, 1.807) is 30.3 Å². The zero-order chi connectivity index (χ0) is 24.4. The summed E-state index contributed by atoms with van der Waals surface area (Å²) in [5.41, 5.74) is 7.30. The van der Waals surface area contributed by atoms with E-state index in [2.05, 4.69) is 32.0 Å². The average molecular weight is 519 g/mol. The van der Waals surface area contributed by atoms with Crippen molar-refractivity contribution in [1.29, 1.82) is 0 Å². The van der Waals surface area contributed by atoms with Crippen molar-refractivity contribution in [2.75, 3.05) is 16.1 Å². The van der Waals surface area contributed by atoms with Gasteiger partial charge in [0.15, 0.2) is 0 Å². The highest BCUT2D eigenvalue weighted by Gasteiger charge is 2.21. The van der Waals surface area contributed by atoms with Crippen molar-refractivity contribution in [2.24, 2.45) is 0 Å². The number of anilines is 2. The van der Waals surface area contributed by atoms with E-state index in [1.807, 2.05) is 57.2 Å². The lowest BCUT2D eigenvalue weighted by molar-refractivity contribution is -0.133. The number of aromatic nitrogens is 1. The fraction of sp³-hybridized carbons (Fsp3) is 0.115. The number of halogens is 1. The molecule has 172 valence electrons.